The first-order chi connectivity index (χ1) is 21.6. The molecule has 0 spiro atoms. The molecule has 1 aliphatic rings. The van der Waals surface area contributed by atoms with Gasteiger partial charge in [-0.25, -0.2) is 0 Å². The Labute approximate surface area is 294 Å². The summed E-state index contributed by atoms with van der Waals surface area (Å²) in [6, 6.07) is 2.75. The molecule has 1 aliphatic heterocycles. The Bertz CT molecular complexity index is 865. The number of hydrogen-bond acceptors (Lipinski definition) is 12. The second-order valence-electron chi connectivity index (χ2n) is 15.2. The molecule has 1 heterocycles. The van der Waals surface area contributed by atoms with Crippen LogP contribution in [-0.2, 0) is 52.8 Å². The predicted molar refractivity (Wildman–Crippen MR) is 203 cm³/mol. The van der Waals surface area contributed by atoms with E-state index in [4.69, 9.17) is 52.8 Å². The van der Waals surface area contributed by atoms with Gasteiger partial charge >= 0.3 is 43.0 Å². The highest BCUT2D eigenvalue weighted by Gasteiger charge is 2.53. The standard InChI is InChI=1S/C28H70O12Si7/c1-29-20-21-33-18-16-22-44(13,38-43(11,12)36-41(5,6)7)39-45(14,23-17-19-34-26-28-27-35-28)40-46(15,37-42(8,9)10)24-25-47(30-2,31-3)32-4/h28H,16-27H2,1-15H3. The van der Waals surface area contributed by atoms with Gasteiger partial charge in [-0.1, -0.05) is 0 Å². The molecule has 4 atom stereocenters. The van der Waals surface area contributed by atoms with Crippen LogP contribution in [0.15, 0.2) is 0 Å². The van der Waals surface area contributed by atoms with E-state index in [2.05, 4.69) is 72.0 Å². The molecule has 282 valence electrons. The minimum absolute atomic E-state index is 0.229. The smallest absolute Gasteiger partial charge is 0.437 e. The first-order valence-electron chi connectivity index (χ1n) is 17.0. The van der Waals surface area contributed by atoms with Crippen LogP contribution in [0.25, 0.3) is 0 Å². The molecule has 4 unspecified atom stereocenters. The van der Waals surface area contributed by atoms with E-state index in [-0.39, 0.29) is 6.10 Å². The average Bonchev–Trinajstić information content (AvgIpc) is 3.73. The minimum atomic E-state index is -2.95. The lowest BCUT2D eigenvalue weighted by Gasteiger charge is -2.46. The largest absolute Gasteiger partial charge is 0.500 e. The average molecular weight is 795 g/mol. The number of hydrogen-bond donors (Lipinski definition) is 0. The lowest BCUT2D eigenvalue weighted by Crippen LogP contribution is -2.62. The molecule has 0 aromatic rings. The Morgan fingerprint density at radius 3 is 1.43 bits per heavy atom. The van der Waals surface area contributed by atoms with Gasteiger partial charge in [-0.3, -0.25) is 0 Å². The van der Waals surface area contributed by atoms with Gasteiger partial charge in [0.15, 0.2) is 16.6 Å². The van der Waals surface area contributed by atoms with Crippen molar-refractivity contribution in [1.29, 1.82) is 0 Å². The van der Waals surface area contributed by atoms with Gasteiger partial charge in [0, 0.05) is 47.7 Å². The van der Waals surface area contributed by atoms with Crippen LogP contribution < -0.4 is 0 Å². The molecule has 12 nitrogen and oxygen atoms in total. The maximum absolute atomic E-state index is 7.40. The summed E-state index contributed by atoms with van der Waals surface area (Å²) in [5.74, 6) is 0. The van der Waals surface area contributed by atoms with Gasteiger partial charge in [-0.15, -0.1) is 0 Å². The molecule has 0 amide bonds. The van der Waals surface area contributed by atoms with E-state index in [0.717, 1.165) is 31.5 Å². The van der Waals surface area contributed by atoms with E-state index in [1.807, 2.05) is 0 Å². The Kier molecular flexibility index (Phi) is 19.9. The highest BCUT2D eigenvalue weighted by molar-refractivity contribution is 6.92. The molecule has 0 N–H and O–H groups in total. The van der Waals surface area contributed by atoms with Crippen LogP contribution in [0.3, 0.4) is 0 Å². The first kappa shape index (κ1) is 46.1. The van der Waals surface area contributed by atoms with E-state index >= 15 is 0 Å². The summed E-state index contributed by atoms with van der Waals surface area (Å²) in [6.45, 7) is 27.8. The summed E-state index contributed by atoms with van der Waals surface area (Å²) in [7, 11) is -11.4. The van der Waals surface area contributed by atoms with E-state index in [1.54, 1.807) is 28.4 Å². The van der Waals surface area contributed by atoms with Crippen molar-refractivity contribution in [2.45, 2.75) is 115 Å². The van der Waals surface area contributed by atoms with Crippen molar-refractivity contribution in [3.8, 4) is 0 Å². The highest BCUT2D eigenvalue weighted by Crippen LogP contribution is 2.35. The zero-order valence-corrected chi connectivity index (χ0v) is 39.5. The van der Waals surface area contributed by atoms with Gasteiger partial charge in [0.05, 0.1) is 26.4 Å². The van der Waals surface area contributed by atoms with Crippen molar-refractivity contribution in [2.75, 3.05) is 68.1 Å². The van der Waals surface area contributed by atoms with Crippen LogP contribution in [-0.4, -0.2) is 134 Å². The summed E-state index contributed by atoms with van der Waals surface area (Å²) in [5, 5.41) is 0. The Morgan fingerprint density at radius 1 is 0.511 bits per heavy atom. The number of epoxide rings is 1. The van der Waals surface area contributed by atoms with Crippen LogP contribution >= 0.6 is 0 Å². The zero-order valence-electron chi connectivity index (χ0n) is 32.5. The lowest BCUT2D eigenvalue weighted by molar-refractivity contribution is 0.0702. The van der Waals surface area contributed by atoms with Crippen molar-refractivity contribution in [1.82, 2.24) is 0 Å². The quantitative estimate of drug-likeness (QED) is 0.0475. The maximum Gasteiger partial charge on any atom is 0.500 e. The lowest BCUT2D eigenvalue weighted by atomic mass is 10.5. The molecule has 0 aromatic carbocycles. The van der Waals surface area contributed by atoms with Gasteiger partial charge in [-0.05, 0) is 103 Å². The fourth-order valence-corrected chi connectivity index (χ4v) is 38.6. The zero-order chi connectivity index (χ0) is 36.0. The Morgan fingerprint density at radius 2 is 0.979 bits per heavy atom. The molecular formula is C28H70O12Si7. The monoisotopic (exact) mass is 794 g/mol. The summed E-state index contributed by atoms with van der Waals surface area (Å²) in [6.07, 6.45) is 1.84. The molecule has 47 heavy (non-hydrogen) atoms. The third kappa shape index (κ3) is 20.6. The van der Waals surface area contributed by atoms with Gasteiger partial charge in [-0.2, -0.15) is 0 Å². The van der Waals surface area contributed by atoms with Crippen LogP contribution in [0, 0.1) is 0 Å². The Balaban J connectivity index is 3.42. The van der Waals surface area contributed by atoms with E-state index < -0.39 is 59.7 Å². The molecule has 0 aromatic heterocycles. The number of ether oxygens (including phenoxy) is 4. The van der Waals surface area contributed by atoms with Gasteiger partial charge in [0.2, 0.25) is 0 Å². The molecule has 1 saturated heterocycles. The fourth-order valence-electron chi connectivity index (χ4n) is 5.76. The molecule has 19 heteroatoms. The van der Waals surface area contributed by atoms with Gasteiger partial charge in [0.25, 0.3) is 0 Å². The van der Waals surface area contributed by atoms with Crippen LogP contribution in [0.2, 0.25) is 96.2 Å². The van der Waals surface area contributed by atoms with Crippen molar-refractivity contribution in [3.63, 3.8) is 0 Å². The molecule has 0 bridgehead atoms. The highest BCUT2D eigenvalue weighted by atomic mass is 28.5. The molecule has 0 aliphatic carbocycles. The summed E-state index contributed by atoms with van der Waals surface area (Å²) >= 11 is 0. The molecule has 0 radical (unpaired) electrons. The van der Waals surface area contributed by atoms with E-state index in [9.17, 15) is 0 Å². The van der Waals surface area contributed by atoms with Crippen molar-refractivity contribution >= 4 is 59.7 Å². The summed E-state index contributed by atoms with van der Waals surface area (Å²) < 4.78 is 75.2. The molecule has 0 saturated carbocycles. The second-order valence-corrected chi connectivity index (χ2v) is 41.9. The van der Waals surface area contributed by atoms with Gasteiger partial charge in [0.1, 0.15) is 6.10 Å². The third-order valence-electron chi connectivity index (χ3n) is 7.19. The van der Waals surface area contributed by atoms with E-state index in [0.29, 0.717) is 45.1 Å². The third-order valence-corrected chi connectivity index (χ3v) is 33.3. The minimum Gasteiger partial charge on any atom is -0.437 e. The molecule has 1 fully saturated rings. The first-order valence-corrected chi connectivity index (χ1v) is 36.1. The second kappa shape index (κ2) is 20.3. The van der Waals surface area contributed by atoms with Crippen molar-refractivity contribution < 1.29 is 52.8 Å². The van der Waals surface area contributed by atoms with Crippen molar-refractivity contribution in [3.05, 3.63) is 0 Å². The van der Waals surface area contributed by atoms with Crippen LogP contribution in [0.4, 0.5) is 0 Å². The van der Waals surface area contributed by atoms with Crippen LogP contribution in [0.5, 0.6) is 0 Å². The van der Waals surface area contributed by atoms with Gasteiger partial charge < -0.3 is 52.8 Å². The number of methoxy groups -OCH3 is 1. The SMILES string of the molecule is COCCOCCC[Si](C)(O[Si](C)(C)O[Si](C)(C)C)O[Si](C)(CCCOCC1CO1)O[Si](C)(CC[Si](OC)(OC)OC)O[Si](C)(C)C. The fraction of sp³-hybridized carbons (Fsp3) is 1.00. The summed E-state index contributed by atoms with van der Waals surface area (Å²) in [4.78, 5) is 0. The summed E-state index contributed by atoms with van der Waals surface area (Å²) in [5.41, 5.74) is 0. The van der Waals surface area contributed by atoms with E-state index in [1.165, 1.54) is 0 Å². The maximum atomic E-state index is 7.40. The van der Waals surface area contributed by atoms with Crippen molar-refractivity contribution in [2.24, 2.45) is 0 Å². The molecule has 1 rings (SSSR count). The normalized spacial score (nSPS) is 20.1. The molecular weight excluding hydrogens is 725 g/mol. The predicted octanol–water partition coefficient (Wildman–Crippen LogP) is 6.39. The van der Waals surface area contributed by atoms with Crippen LogP contribution in [0.1, 0.15) is 12.8 Å². The number of rotatable bonds is 29. The topological polar surface area (TPSA) is 114 Å². The Hall–Kier alpha value is 1.04.